The second kappa shape index (κ2) is 3.38. The van der Waals surface area contributed by atoms with Gasteiger partial charge in [-0.15, -0.1) is 0 Å². The Kier molecular flexibility index (Phi) is 1.82. The van der Waals surface area contributed by atoms with Gasteiger partial charge in [-0.1, -0.05) is 0 Å². The first kappa shape index (κ1) is 10.2. The molecule has 0 radical (unpaired) electrons. The minimum Gasteiger partial charge on any atom is -0.508 e. The number of rotatable bonds is 0. The molecule has 1 aromatic heterocycles. The second-order valence-corrected chi connectivity index (χ2v) is 4.64. The molecule has 19 heavy (non-hydrogen) atoms. The van der Waals surface area contributed by atoms with Crippen LogP contribution in [-0.2, 0) is 0 Å². The summed E-state index contributed by atoms with van der Waals surface area (Å²) in [5.74, 6) is 0.198. The van der Waals surface area contributed by atoms with Crippen molar-refractivity contribution in [2.75, 3.05) is 0 Å². The van der Waals surface area contributed by atoms with Crippen molar-refractivity contribution in [3.05, 3.63) is 52.8 Å². The van der Waals surface area contributed by atoms with Crippen molar-refractivity contribution < 1.29 is 5.11 Å². The molecular weight excluding hydrogens is 240 g/mol. The highest BCUT2D eigenvalue weighted by Gasteiger charge is 2.10. The summed E-state index contributed by atoms with van der Waals surface area (Å²) >= 11 is 0. The van der Waals surface area contributed by atoms with Gasteiger partial charge in [-0.3, -0.25) is 4.79 Å². The molecule has 0 atom stereocenters. The van der Waals surface area contributed by atoms with E-state index in [0.717, 1.165) is 32.4 Å². The molecule has 0 aliphatic rings. The average molecular weight is 250 g/mol. The zero-order chi connectivity index (χ0) is 13.0. The third-order valence-electron chi connectivity index (χ3n) is 3.53. The van der Waals surface area contributed by atoms with Crippen LogP contribution >= 0.6 is 0 Å². The molecule has 0 spiro atoms. The summed E-state index contributed by atoms with van der Waals surface area (Å²) in [7, 11) is 0. The molecule has 0 amide bonds. The number of aromatic amines is 2. The fourth-order valence-electron chi connectivity index (χ4n) is 2.70. The van der Waals surface area contributed by atoms with Gasteiger partial charge in [0.1, 0.15) is 5.75 Å². The summed E-state index contributed by atoms with van der Waals surface area (Å²) in [6.45, 7) is 0. The van der Waals surface area contributed by atoms with Crippen molar-refractivity contribution in [3.8, 4) is 5.75 Å². The van der Waals surface area contributed by atoms with Crippen molar-refractivity contribution in [1.29, 1.82) is 0 Å². The fourth-order valence-corrected chi connectivity index (χ4v) is 2.70. The molecule has 4 heteroatoms. The normalized spacial score (nSPS) is 11.6. The van der Waals surface area contributed by atoms with Crippen LogP contribution in [0, 0.1) is 0 Å². The number of aromatic nitrogens is 2. The van der Waals surface area contributed by atoms with Crippen molar-refractivity contribution in [1.82, 2.24) is 10.2 Å². The van der Waals surface area contributed by atoms with Crippen LogP contribution in [0.25, 0.3) is 32.4 Å². The van der Waals surface area contributed by atoms with Gasteiger partial charge in [-0.05, 0) is 52.6 Å². The van der Waals surface area contributed by atoms with Crippen molar-refractivity contribution >= 4 is 32.4 Å². The number of hydrogen-bond donors (Lipinski definition) is 3. The molecule has 0 bridgehead atoms. The van der Waals surface area contributed by atoms with Crippen LogP contribution in [0.2, 0.25) is 0 Å². The lowest BCUT2D eigenvalue weighted by molar-refractivity contribution is 0.476. The van der Waals surface area contributed by atoms with Gasteiger partial charge in [-0.2, -0.15) is 0 Å². The summed E-state index contributed by atoms with van der Waals surface area (Å²) in [5, 5.41) is 20.5. The molecule has 4 aromatic rings. The quantitative estimate of drug-likeness (QED) is 0.420. The van der Waals surface area contributed by atoms with Gasteiger partial charge in [-0.25, -0.2) is 0 Å². The molecule has 0 saturated heterocycles. The molecule has 0 unspecified atom stereocenters. The van der Waals surface area contributed by atoms with Gasteiger partial charge in [0.25, 0.3) is 0 Å². The van der Waals surface area contributed by atoms with Crippen LogP contribution in [-0.4, -0.2) is 15.3 Å². The Morgan fingerprint density at radius 3 is 2.53 bits per heavy atom. The van der Waals surface area contributed by atoms with E-state index in [1.54, 1.807) is 24.3 Å². The first-order valence-electron chi connectivity index (χ1n) is 5.98. The van der Waals surface area contributed by atoms with E-state index in [-0.39, 0.29) is 11.2 Å². The molecule has 3 aromatic carbocycles. The number of nitrogens with one attached hydrogen (secondary N) is 2. The molecule has 0 aliphatic heterocycles. The Balaban J connectivity index is 2.45. The van der Waals surface area contributed by atoms with E-state index >= 15 is 0 Å². The first-order valence-corrected chi connectivity index (χ1v) is 5.98. The number of benzene rings is 3. The lowest BCUT2D eigenvalue weighted by Gasteiger charge is -2.06. The monoisotopic (exact) mass is 250 g/mol. The summed E-state index contributed by atoms with van der Waals surface area (Å²) in [4.78, 5) is 11.6. The van der Waals surface area contributed by atoms with Crippen LogP contribution in [0.4, 0.5) is 0 Å². The smallest absolute Gasteiger partial charge is 0.179 e. The van der Waals surface area contributed by atoms with Crippen molar-refractivity contribution in [2.24, 2.45) is 0 Å². The van der Waals surface area contributed by atoms with Gasteiger partial charge in [0.05, 0.1) is 5.52 Å². The van der Waals surface area contributed by atoms with Crippen LogP contribution in [0.3, 0.4) is 0 Å². The van der Waals surface area contributed by atoms with Crippen LogP contribution in [0.15, 0.2) is 47.4 Å². The maximum atomic E-state index is 11.6. The Labute approximate surface area is 107 Å². The van der Waals surface area contributed by atoms with E-state index in [1.165, 1.54) is 0 Å². The Morgan fingerprint density at radius 1 is 0.842 bits per heavy atom. The van der Waals surface area contributed by atoms with E-state index in [2.05, 4.69) is 10.2 Å². The number of hydrogen-bond acceptors (Lipinski definition) is 2. The standard InChI is InChI=1S/C15H10N2O2/c18-8-1-3-10-12(5-8)13-6-9(19)2-4-11(13)15-14(10)7-16-17-15/h1-7,16-18H. The highest BCUT2D eigenvalue weighted by atomic mass is 16.3. The number of aromatic hydroxyl groups is 1. The molecule has 4 rings (SSSR count). The summed E-state index contributed by atoms with van der Waals surface area (Å²) in [5.41, 5.74) is 0.931. The highest BCUT2D eigenvalue weighted by molar-refractivity contribution is 6.24. The molecule has 4 nitrogen and oxygen atoms in total. The zero-order valence-corrected chi connectivity index (χ0v) is 9.90. The van der Waals surface area contributed by atoms with Crippen molar-refractivity contribution in [3.63, 3.8) is 0 Å². The minimum absolute atomic E-state index is 0.0352. The van der Waals surface area contributed by atoms with Crippen molar-refractivity contribution in [2.45, 2.75) is 0 Å². The average Bonchev–Trinajstić information content (AvgIpc) is 2.88. The maximum absolute atomic E-state index is 11.6. The van der Waals surface area contributed by atoms with Gasteiger partial charge in [0.15, 0.2) is 5.43 Å². The molecule has 1 heterocycles. The van der Waals surface area contributed by atoms with E-state index in [1.807, 2.05) is 18.3 Å². The third-order valence-corrected chi connectivity index (χ3v) is 3.53. The third kappa shape index (κ3) is 1.31. The van der Waals surface area contributed by atoms with E-state index < -0.39 is 0 Å². The molecule has 0 fully saturated rings. The maximum Gasteiger partial charge on any atom is 0.179 e. The Hall–Kier alpha value is -2.75. The first-order chi connectivity index (χ1) is 9.24. The number of phenolic OH excluding ortho intramolecular Hbond substituents is 1. The van der Waals surface area contributed by atoms with Crippen LogP contribution in [0.5, 0.6) is 5.75 Å². The number of H-pyrrole nitrogens is 2. The zero-order valence-electron chi connectivity index (χ0n) is 9.90. The van der Waals surface area contributed by atoms with Crippen LogP contribution in [0.1, 0.15) is 0 Å². The highest BCUT2D eigenvalue weighted by Crippen LogP contribution is 2.34. The summed E-state index contributed by atoms with van der Waals surface area (Å²) in [6.07, 6.45) is 1.89. The predicted molar refractivity (Wildman–Crippen MR) is 75.6 cm³/mol. The van der Waals surface area contributed by atoms with Crippen LogP contribution < -0.4 is 5.43 Å². The fraction of sp³-hybridized carbons (Fsp3) is 0. The lowest BCUT2D eigenvalue weighted by Crippen LogP contribution is -1.95. The Morgan fingerprint density at radius 2 is 1.63 bits per heavy atom. The molecule has 0 aliphatic carbocycles. The SMILES string of the molecule is O=c1ccc2c(c1)c1cc(O)ccc1c1c[nH][nH]c21. The lowest BCUT2D eigenvalue weighted by atomic mass is 9.98. The van der Waals surface area contributed by atoms with Gasteiger partial charge < -0.3 is 15.3 Å². The van der Waals surface area contributed by atoms with E-state index in [0.29, 0.717) is 0 Å². The van der Waals surface area contributed by atoms with E-state index in [9.17, 15) is 9.90 Å². The largest absolute Gasteiger partial charge is 0.508 e. The number of phenols is 1. The van der Waals surface area contributed by atoms with E-state index in [4.69, 9.17) is 0 Å². The van der Waals surface area contributed by atoms with Gasteiger partial charge in [0.2, 0.25) is 0 Å². The number of fused-ring (bicyclic) bond motifs is 6. The topological polar surface area (TPSA) is 68.9 Å². The molecular formula is C15H10N2O2. The van der Waals surface area contributed by atoms with Gasteiger partial charge in [0, 0.05) is 17.0 Å². The van der Waals surface area contributed by atoms with Gasteiger partial charge >= 0.3 is 0 Å². The molecule has 3 N–H and O–H groups in total. The molecule has 92 valence electrons. The summed E-state index contributed by atoms with van der Waals surface area (Å²) in [6, 6.07) is 10.2. The molecule has 0 saturated carbocycles. The summed E-state index contributed by atoms with van der Waals surface area (Å²) < 4.78 is 0. The minimum atomic E-state index is -0.0352. The second-order valence-electron chi connectivity index (χ2n) is 4.64. The predicted octanol–water partition coefficient (Wildman–Crippen LogP) is 2.87. The Bertz CT molecular complexity index is 995.